The number of hydrogen-bond acceptors (Lipinski definition) is 4. The van der Waals surface area contributed by atoms with Crippen LogP contribution in [0.3, 0.4) is 0 Å². The summed E-state index contributed by atoms with van der Waals surface area (Å²) in [5.74, 6) is 0.954. The standard InChI is InChI=1S/C22H25FN2O3/c1-24(2)19-8-6-16(13-17(19)23)22(26)25-10-3-5-18(25)15-7-9-20-21(14-15)28-12-4-11-27-20/h6-9,13-14,18H,3-5,10-12H2,1-2H3/t18-/m1/s1. The lowest BCUT2D eigenvalue weighted by Gasteiger charge is -2.26. The lowest BCUT2D eigenvalue weighted by molar-refractivity contribution is 0.0735. The minimum atomic E-state index is -0.387. The first-order chi connectivity index (χ1) is 13.5. The molecule has 2 heterocycles. The summed E-state index contributed by atoms with van der Waals surface area (Å²) in [4.78, 5) is 16.6. The molecule has 4 rings (SSSR count). The van der Waals surface area contributed by atoms with Crippen LogP contribution in [0.15, 0.2) is 36.4 Å². The summed E-state index contributed by atoms with van der Waals surface area (Å²) in [6, 6.07) is 10.5. The van der Waals surface area contributed by atoms with Gasteiger partial charge in [0.25, 0.3) is 5.91 Å². The largest absolute Gasteiger partial charge is 0.490 e. The Morgan fingerprint density at radius 1 is 1.07 bits per heavy atom. The minimum Gasteiger partial charge on any atom is -0.490 e. The zero-order chi connectivity index (χ0) is 19.7. The maximum atomic E-state index is 14.4. The summed E-state index contributed by atoms with van der Waals surface area (Å²) in [5, 5.41) is 0. The monoisotopic (exact) mass is 384 g/mol. The van der Waals surface area contributed by atoms with Crippen molar-refractivity contribution in [1.82, 2.24) is 4.90 Å². The maximum Gasteiger partial charge on any atom is 0.254 e. The van der Waals surface area contributed by atoms with Gasteiger partial charge in [-0.05, 0) is 48.7 Å². The quantitative estimate of drug-likeness (QED) is 0.801. The van der Waals surface area contributed by atoms with E-state index in [2.05, 4.69) is 0 Å². The van der Waals surface area contributed by atoms with Crippen LogP contribution >= 0.6 is 0 Å². The second-order valence-corrected chi connectivity index (χ2v) is 7.47. The Labute approximate surface area is 164 Å². The fourth-order valence-electron chi connectivity index (χ4n) is 3.91. The Bertz CT molecular complexity index is 884. The van der Waals surface area contributed by atoms with Crippen LogP contribution in [0.25, 0.3) is 0 Å². The molecule has 2 aromatic rings. The Morgan fingerprint density at radius 2 is 1.86 bits per heavy atom. The summed E-state index contributed by atoms with van der Waals surface area (Å²) in [7, 11) is 3.56. The van der Waals surface area contributed by atoms with Crippen LogP contribution in [0, 0.1) is 5.82 Å². The first-order valence-corrected chi connectivity index (χ1v) is 9.72. The van der Waals surface area contributed by atoms with Gasteiger partial charge in [-0.2, -0.15) is 0 Å². The fraction of sp³-hybridized carbons (Fsp3) is 0.409. The molecule has 0 radical (unpaired) electrons. The van der Waals surface area contributed by atoms with E-state index in [0.29, 0.717) is 31.0 Å². The Morgan fingerprint density at radius 3 is 2.61 bits per heavy atom. The topological polar surface area (TPSA) is 42.0 Å². The number of hydrogen-bond donors (Lipinski definition) is 0. The number of rotatable bonds is 3. The van der Waals surface area contributed by atoms with Crippen molar-refractivity contribution in [2.24, 2.45) is 0 Å². The number of fused-ring (bicyclic) bond motifs is 1. The van der Waals surface area contributed by atoms with Crippen molar-refractivity contribution in [3.05, 3.63) is 53.3 Å². The summed E-state index contributed by atoms with van der Waals surface area (Å²) in [5.41, 5.74) is 1.88. The molecular formula is C22H25FN2O3. The molecule has 5 nitrogen and oxygen atoms in total. The van der Waals surface area contributed by atoms with Crippen LogP contribution in [0.1, 0.15) is 41.2 Å². The highest BCUT2D eigenvalue weighted by Gasteiger charge is 2.31. The molecule has 1 fully saturated rings. The molecule has 6 heteroatoms. The zero-order valence-electron chi connectivity index (χ0n) is 16.3. The molecule has 2 aromatic carbocycles. The predicted octanol–water partition coefficient (Wildman–Crippen LogP) is 4.03. The van der Waals surface area contributed by atoms with Crippen LogP contribution in [0.4, 0.5) is 10.1 Å². The number of carbonyl (C=O) groups excluding carboxylic acids is 1. The van der Waals surface area contributed by atoms with Gasteiger partial charge in [-0.3, -0.25) is 4.79 Å². The third kappa shape index (κ3) is 3.51. The minimum absolute atomic E-state index is 0.0405. The van der Waals surface area contributed by atoms with Crippen LogP contribution in [-0.2, 0) is 0 Å². The van der Waals surface area contributed by atoms with Crippen molar-refractivity contribution in [3.63, 3.8) is 0 Å². The van der Waals surface area contributed by atoms with E-state index in [9.17, 15) is 9.18 Å². The van der Waals surface area contributed by atoms with Gasteiger partial charge in [0, 0.05) is 32.6 Å². The molecule has 148 valence electrons. The zero-order valence-corrected chi connectivity index (χ0v) is 16.3. The molecule has 0 bridgehead atoms. The Hall–Kier alpha value is -2.76. The van der Waals surface area contributed by atoms with E-state index in [1.807, 2.05) is 23.1 Å². The molecule has 0 unspecified atom stereocenters. The van der Waals surface area contributed by atoms with Crippen molar-refractivity contribution in [2.75, 3.05) is 38.8 Å². The number of likely N-dealkylation sites (tertiary alicyclic amines) is 1. The maximum absolute atomic E-state index is 14.4. The number of carbonyl (C=O) groups is 1. The van der Waals surface area contributed by atoms with Crippen LogP contribution in [0.2, 0.25) is 0 Å². The smallest absolute Gasteiger partial charge is 0.254 e. The van der Waals surface area contributed by atoms with Crippen molar-refractivity contribution < 1.29 is 18.7 Å². The van der Waals surface area contributed by atoms with Crippen LogP contribution in [-0.4, -0.2) is 44.7 Å². The molecule has 28 heavy (non-hydrogen) atoms. The molecule has 2 aliphatic heterocycles. The van der Waals surface area contributed by atoms with Gasteiger partial charge in [0.1, 0.15) is 5.82 Å². The summed E-state index contributed by atoms with van der Waals surface area (Å²) < 4.78 is 25.9. The normalized spacial score (nSPS) is 18.7. The predicted molar refractivity (Wildman–Crippen MR) is 106 cm³/mol. The van der Waals surface area contributed by atoms with Crippen molar-refractivity contribution in [3.8, 4) is 11.5 Å². The van der Waals surface area contributed by atoms with Gasteiger partial charge in [0.2, 0.25) is 0 Å². The molecule has 1 amide bonds. The second-order valence-electron chi connectivity index (χ2n) is 7.47. The number of nitrogens with zero attached hydrogens (tertiary/aromatic N) is 2. The second kappa shape index (κ2) is 7.70. The van der Waals surface area contributed by atoms with E-state index in [4.69, 9.17) is 9.47 Å². The Balaban J connectivity index is 1.59. The molecular weight excluding hydrogens is 359 g/mol. The van der Waals surface area contributed by atoms with Gasteiger partial charge in [-0.1, -0.05) is 6.07 Å². The number of amides is 1. The van der Waals surface area contributed by atoms with Crippen molar-refractivity contribution in [1.29, 1.82) is 0 Å². The highest BCUT2D eigenvalue weighted by atomic mass is 19.1. The Kier molecular flexibility index (Phi) is 5.11. The van der Waals surface area contributed by atoms with E-state index in [-0.39, 0.29) is 17.8 Å². The van der Waals surface area contributed by atoms with E-state index in [0.717, 1.165) is 36.3 Å². The lowest BCUT2D eigenvalue weighted by atomic mass is 10.0. The highest BCUT2D eigenvalue weighted by Crippen LogP contribution is 2.38. The van der Waals surface area contributed by atoms with Gasteiger partial charge in [-0.25, -0.2) is 4.39 Å². The molecule has 1 atom stereocenters. The third-order valence-corrected chi connectivity index (χ3v) is 5.35. The van der Waals surface area contributed by atoms with E-state index >= 15 is 0 Å². The fourth-order valence-corrected chi connectivity index (χ4v) is 3.91. The molecule has 0 saturated carbocycles. The van der Waals surface area contributed by atoms with E-state index < -0.39 is 0 Å². The highest BCUT2D eigenvalue weighted by molar-refractivity contribution is 5.95. The number of benzene rings is 2. The van der Waals surface area contributed by atoms with Gasteiger partial charge >= 0.3 is 0 Å². The molecule has 0 aliphatic carbocycles. The summed E-state index contributed by atoms with van der Waals surface area (Å²) in [6.07, 6.45) is 2.65. The van der Waals surface area contributed by atoms with Gasteiger partial charge in [0.15, 0.2) is 11.5 Å². The molecule has 0 aromatic heterocycles. The van der Waals surface area contributed by atoms with Crippen LogP contribution < -0.4 is 14.4 Å². The van der Waals surface area contributed by atoms with Gasteiger partial charge in [-0.15, -0.1) is 0 Å². The summed E-state index contributed by atoms with van der Waals surface area (Å²) >= 11 is 0. The number of anilines is 1. The number of halogens is 1. The average Bonchev–Trinajstić information content (AvgIpc) is 3.05. The molecule has 2 aliphatic rings. The molecule has 0 spiro atoms. The third-order valence-electron chi connectivity index (χ3n) is 5.35. The first-order valence-electron chi connectivity index (χ1n) is 9.72. The lowest BCUT2D eigenvalue weighted by Crippen LogP contribution is -2.30. The first kappa shape index (κ1) is 18.6. The molecule has 1 saturated heterocycles. The van der Waals surface area contributed by atoms with E-state index in [1.165, 1.54) is 6.07 Å². The SMILES string of the molecule is CN(C)c1ccc(C(=O)N2CCC[C@@H]2c2ccc3c(c2)OCCCO3)cc1F. The van der Waals surface area contributed by atoms with Crippen molar-refractivity contribution >= 4 is 11.6 Å². The number of ether oxygens (including phenoxy) is 2. The van der Waals surface area contributed by atoms with Crippen LogP contribution in [0.5, 0.6) is 11.5 Å². The van der Waals surface area contributed by atoms with E-state index in [1.54, 1.807) is 31.1 Å². The van der Waals surface area contributed by atoms with Gasteiger partial charge in [0.05, 0.1) is 24.9 Å². The van der Waals surface area contributed by atoms with Gasteiger partial charge < -0.3 is 19.3 Å². The molecule has 0 N–H and O–H groups in total. The summed E-state index contributed by atoms with van der Waals surface area (Å²) in [6.45, 7) is 1.94. The van der Waals surface area contributed by atoms with Crippen molar-refractivity contribution in [2.45, 2.75) is 25.3 Å². The average molecular weight is 384 g/mol.